The van der Waals surface area contributed by atoms with Gasteiger partial charge in [-0.3, -0.25) is 4.72 Å². The Hall–Kier alpha value is -2.33. The molecule has 0 radical (unpaired) electrons. The number of nitrogens with zero attached hydrogens (tertiary/aromatic N) is 1. The molecular formula is C17H16F4N2O3S. The molecule has 1 aliphatic rings. The molecule has 1 aliphatic heterocycles. The molecule has 2 aromatic carbocycles. The van der Waals surface area contributed by atoms with Crippen molar-refractivity contribution in [2.75, 3.05) is 35.9 Å². The van der Waals surface area contributed by atoms with Crippen molar-refractivity contribution in [3.63, 3.8) is 0 Å². The third-order valence-electron chi connectivity index (χ3n) is 4.03. The SMILES string of the molecule is O=S(=O)(Nc1cc(C(F)(F)F)ccc1N1CCOCC1)c1cccc(F)c1. The Balaban J connectivity index is 2.03. The van der Waals surface area contributed by atoms with Crippen LogP contribution in [0.4, 0.5) is 28.9 Å². The predicted octanol–water partition coefficient (Wildman–Crippen LogP) is 3.48. The minimum Gasteiger partial charge on any atom is -0.378 e. The zero-order valence-electron chi connectivity index (χ0n) is 14.0. The van der Waals surface area contributed by atoms with Gasteiger partial charge in [0.15, 0.2) is 0 Å². The summed E-state index contributed by atoms with van der Waals surface area (Å²) in [6, 6.07) is 7.09. The molecule has 0 aliphatic carbocycles. The fourth-order valence-corrected chi connectivity index (χ4v) is 3.81. The van der Waals surface area contributed by atoms with Gasteiger partial charge in [0, 0.05) is 13.1 Å². The van der Waals surface area contributed by atoms with E-state index in [4.69, 9.17) is 4.74 Å². The highest BCUT2D eigenvalue weighted by Gasteiger charge is 2.32. The van der Waals surface area contributed by atoms with Crippen molar-refractivity contribution >= 4 is 21.4 Å². The van der Waals surface area contributed by atoms with E-state index >= 15 is 0 Å². The van der Waals surface area contributed by atoms with E-state index in [2.05, 4.69) is 4.72 Å². The molecule has 5 nitrogen and oxygen atoms in total. The van der Waals surface area contributed by atoms with Crippen molar-refractivity contribution < 1.29 is 30.7 Å². The lowest BCUT2D eigenvalue weighted by Gasteiger charge is -2.31. The molecule has 3 rings (SSSR count). The maximum atomic E-state index is 13.4. The van der Waals surface area contributed by atoms with Gasteiger partial charge in [-0.2, -0.15) is 13.2 Å². The number of alkyl halides is 3. The summed E-state index contributed by atoms with van der Waals surface area (Å²) < 4.78 is 85.1. The Kier molecular flexibility index (Phi) is 5.29. The number of morpholine rings is 1. The van der Waals surface area contributed by atoms with Crippen molar-refractivity contribution in [2.45, 2.75) is 11.1 Å². The largest absolute Gasteiger partial charge is 0.416 e. The summed E-state index contributed by atoms with van der Waals surface area (Å²) in [5.74, 6) is -0.768. The van der Waals surface area contributed by atoms with Gasteiger partial charge in [-0.1, -0.05) is 6.07 Å². The fraction of sp³-hybridized carbons (Fsp3) is 0.294. The Labute approximate surface area is 153 Å². The van der Waals surface area contributed by atoms with Gasteiger partial charge in [-0.25, -0.2) is 12.8 Å². The summed E-state index contributed by atoms with van der Waals surface area (Å²) in [5.41, 5.74) is -0.918. The second kappa shape index (κ2) is 7.35. The van der Waals surface area contributed by atoms with E-state index in [0.717, 1.165) is 30.3 Å². The van der Waals surface area contributed by atoms with Crippen LogP contribution in [0.25, 0.3) is 0 Å². The Morgan fingerprint density at radius 3 is 2.37 bits per heavy atom. The van der Waals surface area contributed by atoms with E-state index in [1.54, 1.807) is 4.90 Å². The molecule has 2 aromatic rings. The van der Waals surface area contributed by atoms with Crippen LogP contribution in [0.15, 0.2) is 47.4 Å². The lowest BCUT2D eigenvalue weighted by Crippen LogP contribution is -2.36. The molecule has 1 fully saturated rings. The number of ether oxygens (including phenoxy) is 1. The third kappa shape index (κ3) is 4.51. The van der Waals surface area contributed by atoms with E-state index in [1.807, 2.05) is 0 Å². The molecule has 0 unspecified atom stereocenters. The Morgan fingerprint density at radius 2 is 1.74 bits per heavy atom. The number of nitrogens with one attached hydrogen (secondary N) is 1. The van der Waals surface area contributed by atoms with Crippen LogP contribution in [0.2, 0.25) is 0 Å². The molecule has 1 N–H and O–H groups in total. The summed E-state index contributed by atoms with van der Waals surface area (Å²) in [7, 11) is -4.27. The molecule has 1 heterocycles. The van der Waals surface area contributed by atoms with Crippen molar-refractivity contribution in [1.82, 2.24) is 0 Å². The number of hydrogen-bond donors (Lipinski definition) is 1. The van der Waals surface area contributed by atoms with E-state index in [9.17, 15) is 26.0 Å². The molecule has 146 valence electrons. The van der Waals surface area contributed by atoms with Gasteiger partial charge in [0.05, 0.1) is 35.0 Å². The van der Waals surface area contributed by atoms with Gasteiger partial charge in [-0.05, 0) is 36.4 Å². The highest BCUT2D eigenvalue weighted by Crippen LogP contribution is 2.36. The van der Waals surface area contributed by atoms with Gasteiger partial charge >= 0.3 is 6.18 Å². The molecule has 0 amide bonds. The quantitative estimate of drug-likeness (QED) is 0.793. The van der Waals surface area contributed by atoms with Gasteiger partial charge in [0.2, 0.25) is 0 Å². The summed E-state index contributed by atoms with van der Waals surface area (Å²) in [6.07, 6.45) is -4.64. The molecule has 0 spiro atoms. The van der Waals surface area contributed by atoms with Gasteiger partial charge < -0.3 is 9.64 Å². The van der Waals surface area contributed by atoms with E-state index in [-0.39, 0.29) is 10.6 Å². The van der Waals surface area contributed by atoms with Crippen LogP contribution in [0.5, 0.6) is 0 Å². The zero-order valence-corrected chi connectivity index (χ0v) is 14.8. The first kappa shape index (κ1) is 19.4. The number of benzene rings is 2. The summed E-state index contributed by atoms with van der Waals surface area (Å²) >= 11 is 0. The molecule has 27 heavy (non-hydrogen) atoms. The molecule has 0 atom stereocenters. The lowest BCUT2D eigenvalue weighted by molar-refractivity contribution is -0.137. The number of rotatable bonds is 4. The average molecular weight is 404 g/mol. The van der Waals surface area contributed by atoms with Crippen LogP contribution in [0.3, 0.4) is 0 Å². The monoisotopic (exact) mass is 404 g/mol. The van der Waals surface area contributed by atoms with Crippen LogP contribution in [0.1, 0.15) is 5.56 Å². The maximum absolute atomic E-state index is 13.4. The third-order valence-corrected chi connectivity index (χ3v) is 5.39. The van der Waals surface area contributed by atoms with Crippen molar-refractivity contribution in [1.29, 1.82) is 0 Å². The van der Waals surface area contributed by atoms with Gasteiger partial charge in [-0.15, -0.1) is 0 Å². The first-order valence-electron chi connectivity index (χ1n) is 7.99. The maximum Gasteiger partial charge on any atom is 0.416 e. The Bertz CT molecular complexity index is 926. The minimum atomic E-state index is -4.64. The van der Waals surface area contributed by atoms with Crippen molar-refractivity contribution in [3.05, 3.63) is 53.8 Å². The molecule has 0 saturated carbocycles. The fourth-order valence-electron chi connectivity index (χ4n) is 2.71. The number of sulfonamides is 1. The first-order valence-corrected chi connectivity index (χ1v) is 9.47. The summed E-state index contributed by atoms with van der Waals surface area (Å²) in [5, 5.41) is 0. The average Bonchev–Trinajstić information content (AvgIpc) is 2.61. The molecule has 1 saturated heterocycles. The number of anilines is 2. The highest BCUT2D eigenvalue weighted by atomic mass is 32.2. The normalized spacial score (nSPS) is 15.6. The molecule has 0 aromatic heterocycles. The van der Waals surface area contributed by atoms with Crippen LogP contribution in [-0.2, 0) is 20.9 Å². The first-order chi connectivity index (χ1) is 12.7. The minimum absolute atomic E-state index is 0.226. The van der Waals surface area contributed by atoms with Gasteiger partial charge in [0.1, 0.15) is 5.82 Å². The molecule has 10 heteroatoms. The molecular weight excluding hydrogens is 388 g/mol. The smallest absolute Gasteiger partial charge is 0.378 e. The van der Waals surface area contributed by atoms with Crippen molar-refractivity contribution in [3.8, 4) is 0 Å². The standard InChI is InChI=1S/C17H16F4N2O3S/c18-13-2-1-3-14(11-13)27(24,25)22-15-10-12(17(19,20)21)4-5-16(15)23-6-8-26-9-7-23/h1-5,10-11,22H,6-9H2. The van der Waals surface area contributed by atoms with Crippen LogP contribution < -0.4 is 9.62 Å². The van der Waals surface area contributed by atoms with Crippen LogP contribution in [-0.4, -0.2) is 34.7 Å². The van der Waals surface area contributed by atoms with Crippen LogP contribution >= 0.6 is 0 Å². The van der Waals surface area contributed by atoms with Crippen molar-refractivity contribution in [2.24, 2.45) is 0 Å². The van der Waals surface area contributed by atoms with Crippen LogP contribution in [0, 0.1) is 5.82 Å². The van der Waals surface area contributed by atoms with E-state index in [0.29, 0.717) is 32.0 Å². The van der Waals surface area contributed by atoms with E-state index in [1.165, 1.54) is 12.1 Å². The highest BCUT2D eigenvalue weighted by molar-refractivity contribution is 7.92. The predicted molar refractivity (Wildman–Crippen MR) is 91.7 cm³/mol. The zero-order chi connectivity index (χ0) is 19.7. The van der Waals surface area contributed by atoms with Gasteiger partial charge in [0.25, 0.3) is 10.0 Å². The summed E-state index contributed by atoms with van der Waals surface area (Å²) in [6.45, 7) is 1.55. The Morgan fingerprint density at radius 1 is 1.04 bits per heavy atom. The summed E-state index contributed by atoms with van der Waals surface area (Å²) in [4.78, 5) is 1.35. The second-order valence-electron chi connectivity index (χ2n) is 5.89. The topological polar surface area (TPSA) is 58.6 Å². The second-order valence-corrected chi connectivity index (χ2v) is 7.57. The lowest BCUT2D eigenvalue weighted by atomic mass is 10.1. The number of hydrogen-bond acceptors (Lipinski definition) is 4. The number of halogens is 4. The molecule has 0 bridgehead atoms. The van der Waals surface area contributed by atoms with E-state index < -0.39 is 27.6 Å².